The maximum Gasteiger partial charge on any atom is -0.00199 e. The smallest absolute Gasteiger partial charge is 0.00199 e. The lowest BCUT2D eigenvalue weighted by Crippen LogP contribution is -2.26. The van der Waals surface area contributed by atoms with Gasteiger partial charge in [0.25, 0.3) is 0 Å². The molecule has 1 N–H and O–H groups in total. The van der Waals surface area contributed by atoms with Gasteiger partial charge in [-0.3, -0.25) is 0 Å². The molecule has 0 unspecified atom stereocenters. The summed E-state index contributed by atoms with van der Waals surface area (Å²) in [6, 6.07) is 0. The summed E-state index contributed by atoms with van der Waals surface area (Å²) in [6.45, 7) is 2.49. The number of nitrogens with one attached hydrogen (secondary N) is 1. The first-order valence-electron chi connectivity index (χ1n) is 5.71. The zero-order chi connectivity index (χ0) is 10.1. The third-order valence-electron chi connectivity index (χ3n) is 2.73. The van der Waals surface area contributed by atoms with Gasteiger partial charge in [-0.05, 0) is 68.2 Å². The minimum Gasteiger partial charge on any atom is -0.316 e. The molecule has 0 aliphatic carbocycles. The van der Waals surface area contributed by atoms with Crippen LogP contribution in [0.5, 0.6) is 0 Å². The van der Waals surface area contributed by atoms with Crippen LogP contribution in [-0.4, -0.2) is 36.6 Å². The molecular formula is C11H23NS2. The second kappa shape index (κ2) is 8.93. The van der Waals surface area contributed by atoms with E-state index in [9.17, 15) is 0 Å². The third kappa shape index (κ3) is 6.20. The normalized spacial score (nSPS) is 18.6. The van der Waals surface area contributed by atoms with Crippen LogP contribution in [0.4, 0.5) is 0 Å². The minimum absolute atomic E-state index is 0.969. The fraction of sp³-hybridized carbons (Fsp3) is 1.00. The van der Waals surface area contributed by atoms with Crippen molar-refractivity contribution in [2.45, 2.75) is 25.7 Å². The first-order valence-corrected chi connectivity index (χ1v) is 8.25. The summed E-state index contributed by atoms with van der Waals surface area (Å²) >= 11 is 4.08. The lowest BCUT2D eigenvalue weighted by Gasteiger charge is -2.21. The van der Waals surface area contributed by atoms with E-state index in [-0.39, 0.29) is 0 Å². The Balaban J connectivity index is 1.82. The highest BCUT2D eigenvalue weighted by molar-refractivity contribution is 7.99. The maximum atomic E-state index is 3.60. The summed E-state index contributed by atoms with van der Waals surface area (Å²) in [4.78, 5) is 0. The quantitative estimate of drug-likeness (QED) is 0.679. The third-order valence-corrected chi connectivity index (χ3v) is 4.47. The molecule has 14 heavy (non-hydrogen) atoms. The number of thioether (sulfide) groups is 2. The number of rotatable bonds is 7. The van der Waals surface area contributed by atoms with E-state index in [1.807, 2.05) is 11.8 Å². The van der Waals surface area contributed by atoms with E-state index in [1.165, 1.54) is 56.0 Å². The van der Waals surface area contributed by atoms with Crippen LogP contribution in [0.3, 0.4) is 0 Å². The van der Waals surface area contributed by atoms with Gasteiger partial charge in [0.05, 0.1) is 0 Å². The predicted octanol–water partition coefficient (Wildman–Crippen LogP) is 2.86. The van der Waals surface area contributed by atoms with Crippen LogP contribution in [0.1, 0.15) is 25.7 Å². The molecule has 0 bridgehead atoms. The average molecular weight is 233 g/mol. The van der Waals surface area contributed by atoms with Crippen molar-refractivity contribution in [1.29, 1.82) is 0 Å². The van der Waals surface area contributed by atoms with Crippen LogP contribution >= 0.6 is 23.5 Å². The number of unbranched alkanes of at least 4 members (excludes halogenated alkanes) is 1. The van der Waals surface area contributed by atoms with E-state index in [0.717, 1.165) is 5.92 Å². The first-order chi connectivity index (χ1) is 6.93. The molecular weight excluding hydrogens is 210 g/mol. The monoisotopic (exact) mass is 233 g/mol. The van der Waals surface area contributed by atoms with E-state index in [2.05, 4.69) is 23.3 Å². The van der Waals surface area contributed by atoms with Gasteiger partial charge < -0.3 is 5.32 Å². The van der Waals surface area contributed by atoms with Crippen molar-refractivity contribution < 1.29 is 0 Å². The molecule has 1 saturated heterocycles. The van der Waals surface area contributed by atoms with Gasteiger partial charge >= 0.3 is 0 Å². The molecule has 1 rings (SSSR count). The van der Waals surface area contributed by atoms with Crippen LogP contribution in [0, 0.1) is 5.92 Å². The number of hydrogen-bond donors (Lipinski definition) is 1. The second-order valence-electron chi connectivity index (χ2n) is 3.96. The maximum absolute atomic E-state index is 3.60. The molecule has 84 valence electrons. The fourth-order valence-corrected chi connectivity index (χ4v) is 3.45. The molecule has 0 aromatic carbocycles. The zero-order valence-corrected chi connectivity index (χ0v) is 10.9. The molecule has 1 nitrogen and oxygen atoms in total. The van der Waals surface area contributed by atoms with Crippen molar-refractivity contribution in [3.05, 3.63) is 0 Å². The Hall–Kier alpha value is 0.660. The molecule has 1 fully saturated rings. The van der Waals surface area contributed by atoms with Gasteiger partial charge in [0, 0.05) is 0 Å². The van der Waals surface area contributed by atoms with Crippen molar-refractivity contribution >= 4 is 23.5 Å². The van der Waals surface area contributed by atoms with E-state index in [1.54, 1.807) is 0 Å². The lowest BCUT2D eigenvalue weighted by molar-refractivity contribution is 0.445. The molecule has 1 aliphatic heterocycles. The van der Waals surface area contributed by atoms with Crippen molar-refractivity contribution in [2.24, 2.45) is 5.92 Å². The van der Waals surface area contributed by atoms with Crippen LogP contribution in [0.15, 0.2) is 0 Å². The van der Waals surface area contributed by atoms with Crippen LogP contribution < -0.4 is 5.32 Å². The van der Waals surface area contributed by atoms with Gasteiger partial charge in [0.1, 0.15) is 0 Å². The highest BCUT2D eigenvalue weighted by Gasteiger charge is 2.12. The van der Waals surface area contributed by atoms with Gasteiger partial charge in [-0.2, -0.15) is 23.5 Å². The van der Waals surface area contributed by atoms with E-state index in [4.69, 9.17) is 0 Å². The molecule has 0 saturated carbocycles. The van der Waals surface area contributed by atoms with Gasteiger partial charge in [-0.15, -0.1) is 0 Å². The van der Waals surface area contributed by atoms with Crippen molar-refractivity contribution in [2.75, 3.05) is 36.6 Å². The Labute approximate surface area is 97.2 Å². The summed E-state index contributed by atoms with van der Waals surface area (Å²) < 4.78 is 0. The number of hydrogen-bond acceptors (Lipinski definition) is 3. The Morgan fingerprint density at radius 3 is 2.79 bits per heavy atom. The van der Waals surface area contributed by atoms with E-state index < -0.39 is 0 Å². The van der Waals surface area contributed by atoms with Gasteiger partial charge in [0.2, 0.25) is 0 Å². The first kappa shape index (κ1) is 12.7. The summed E-state index contributed by atoms with van der Waals surface area (Å²) in [5.41, 5.74) is 0. The molecule has 0 radical (unpaired) electrons. The summed E-state index contributed by atoms with van der Waals surface area (Å²) in [5.74, 6) is 5.07. The van der Waals surface area contributed by atoms with Gasteiger partial charge in [0.15, 0.2) is 0 Å². The SMILES string of the molecule is CSCCCCNCC1CCSCC1. The van der Waals surface area contributed by atoms with Gasteiger partial charge in [-0.25, -0.2) is 0 Å². The summed E-state index contributed by atoms with van der Waals surface area (Å²) in [6.07, 6.45) is 7.77. The average Bonchev–Trinajstić information content (AvgIpc) is 2.25. The molecule has 0 aromatic heterocycles. The Morgan fingerprint density at radius 2 is 2.07 bits per heavy atom. The second-order valence-corrected chi connectivity index (χ2v) is 6.17. The Kier molecular flexibility index (Phi) is 8.12. The molecule has 1 heterocycles. The van der Waals surface area contributed by atoms with Crippen molar-refractivity contribution in [3.8, 4) is 0 Å². The highest BCUT2D eigenvalue weighted by Crippen LogP contribution is 2.21. The van der Waals surface area contributed by atoms with Crippen LogP contribution in [0.25, 0.3) is 0 Å². The molecule has 1 aliphatic rings. The minimum atomic E-state index is 0.969. The van der Waals surface area contributed by atoms with Crippen molar-refractivity contribution in [1.82, 2.24) is 5.32 Å². The molecule has 0 aromatic rings. The Morgan fingerprint density at radius 1 is 1.29 bits per heavy atom. The van der Waals surface area contributed by atoms with Crippen LogP contribution in [0.2, 0.25) is 0 Å². The van der Waals surface area contributed by atoms with E-state index in [0.29, 0.717) is 0 Å². The fourth-order valence-electron chi connectivity index (χ4n) is 1.75. The standard InChI is InChI=1S/C11H23NS2/c1-13-7-3-2-6-12-10-11-4-8-14-9-5-11/h11-12H,2-10H2,1H3. The Bertz CT molecular complexity index is 124. The van der Waals surface area contributed by atoms with Gasteiger partial charge in [-0.1, -0.05) is 0 Å². The summed E-state index contributed by atoms with van der Waals surface area (Å²) in [7, 11) is 0. The topological polar surface area (TPSA) is 12.0 Å². The summed E-state index contributed by atoms with van der Waals surface area (Å²) in [5, 5.41) is 3.60. The zero-order valence-electron chi connectivity index (χ0n) is 9.26. The molecule has 0 amide bonds. The lowest BCUT2D eigenvalue weighted by atomic mass is 10.0. The molecule has 0 spiro atoms. The van der Waals surface area contributed by atoms with Crippen LogP contribution in [-0.2, 0) is 0 Å². The molecule has 0 atom stereocenters. The highest BCUT2D eigenvalue weighted by atomic mass is 32.2. The molecule has 3 heteroatoms. The van der Waals surface area contributed by atoms with Crippen molar-refractivity contribution in [3.63, 3.8) is 0 Å². The van der Waals surface area contributed by atoms with E-state index >= 15 is 0 Å². The predicted molar refractivity (Wildman–Crippen MR) is 70.5 cm³/mol. The largest absolute Gasteiger partial charge is 0.316 e.